The van der Waals surface area contributed by atoms with Crippen molar-refractivity contribution in [1.29, 1.82) is 0 Å². The number of rotatable bonds is 7. The number of benzene rings is 3. The first-order valence-corrected chi connectivity index (χ1v) is 11.5. The van der Waals surface area contributed by atoms with Crippen molar-refractivity contribution in [3.8, 4) is 17.2 Å². The van der Waals surface area contributed by atoms with E-state index in [1.54, 1.807) is 14.0 Å². The maximum absolute atomic E-state index is 12.0. The molecule has 0 aliphatic carbocycles. The van der Waals surface area contributed by atoms with E-state index in [1.165, 1.54) is 5.56 Å². The van der Waals surface area contributed by atoms with Gasteiger partial charge in [-0.15, -0.1) is 0 Å². The third-order valence-electron chi connectivity index (χ3n) is 6.12. The van der Waals surface area contributed by atoms with Gasteiger partial charge in [-0.2, -0.15) is 0 Å². The SMILES string of the molecule is COc1ccccc1Oc1cccc(CN2CCC(NC(C)=O)(c3ccc(Cl)cc3)CC2)c1. The number of hydrogen-bond donors (Lipinski definition) is 1. The van der Waals surface area contributed by atoms with E-state index < -0.39 is 0 Å². The molecule has 0 radical (unpaired) electrons. The zero-order chi connectivity index (χ0) is 23.3. The third kappa shape index (κ3) is 5.67. The highest BCUT2D eigenvalue weighted by atomic mass is 35.5. The van der Waals surface area contributed by atoms with Crippen LogP contribution in [0.25, 0.3) is 0 Å². The third-order valence-corrected chi connectivity index (χ3v) is 6.38. The molecule has 33 heavy (non-hydrogen) atoms. The first-order valence-electron chi connectivity index (χ1n) is 11.1. The summed E-state index contributed by atoms with van der Waals surface area (Å²) in [6, 6.07) is 23.6. The van der Waals surface area contributed by atoms with E-state index in [4.69, 9.17) is 21.1 Å². The molecule has 1 saturated heterocycles. The Labute approximate surface area is 200 Å². The van der Waals surface area contributed by atoms with Crippen LogP contribution in [0, 0.1) is 0 Å². The molecule has 1 N–H and O–H groups in total. The summed E-state index contributed by atoms with van der Waals surface area (Å²) in [4.78, 5) is 14.4. The van der Waals surface area contributed by atoms with Crippen LogP contribution in [0.15, 0.2) is 72.8 Å². The fourth-order valence-electron chi connectivity index (χ4n) is 4.48. The summed E-state index contributed by atoms with van der Waals surface area (Å²) in [6.45, 7) is 4.15. The molecule has 1 heterocycles. The van der Waals surface area contributed by atoms with Crippen LogP contribution in [-0.4, -0.2) is 31.0 Å². The Kier molecular flexibility index (Phi) is 7.21. The van der Waals surface area contributed by atoms with E-state index in [0.717, 1.165) is 43.8 Å². The van der Waals surface area contributed by atoms with Gasteiger partial charge < -0.3 is 14.8 Å². The first kappa shape index (κ1) is 23.1. The molecule has 4 rings (SSSR count). The van der Waals surface area contributed by atoms with Crippen LogP contribution in [0.4, 0.5) is 0 Å². The number of nitrogens with one attached hydrogen (secondary N) is 1. The number of methoxy groups -OCH3 is 1. The van der Waals surface area contributed by atoms with Gasteiger partial charge in [-0.25, -0.2) is 0 Å². The van der Waals surface area contributed by atoms with Gasteiger partial charge in [0.1, 0.15) is 5.75 Å². The molecule has 3 aromatic carbocycles. The molecule has 5 nitrogen and oxygen atoms in total. The van der Waals surface area contributed by atoms with E-state index in [9.17, 15) is 4.79 Å². The Morgan fingerprint density at radius 1 is 1.00 bits per heavy atom. The maximum atomic E-state index is 12.0. The monoisotopic (exact) mass is 464 g/mol. The van der Waals surface area contributed by atoms with Gasteiger partial charge in [-0.05, 0) is 60.4 Å². The lowest BCUT2D eigenvalue weighted by molar-refractivity contribution is -0.121. The highest BCUT2D eigenvalue weighted by Crippen LogP contribution is 2.35. The number of nitrogens with zero attached hydrogens (tertiary/aromatic N) is 1. The Morgan fingerprint density at radius 2 is 1.70 bits per heavy atom. The topological polar surface area (TPSA) is 50.8 Å². The van der Waals surface area contributed by atoms with Crippen molar-refractivity contribution in [2.75, 3.05) is 20.2 Å². The Hall–Kier alpha value is -3.02. The number of para-hydroxylation sites is 2. The Bertz CT molecular complexity index is 1090. The predicted molar refractivity (Wildman–Crippen MR) is 131 cm³/mol. The van der Waals surface area contributed by atoms with E-state index in [2.05, 4.69) is 22.3 Å². The summed E-state index contributed by atoms with van der Waals surface area (Å²) < 4.78 is 11.5. The molecule has 0 bridgehead atoms. The predicted octanol–water partition coefficient (Wildman–Crippen LogP) is 5.77. The molecule has 0 saturated carbocycles. The van der Waals surface area contributed by atoms with Crippen LogP contribution in [0.2, 0.25) is 5.02 Å². The lowest BCUT2D eigenvalue weighted by atomic mass is 9.80. The lowest BCUT2D eigenvalue weighted by Crippen LogP contribution is -2.52. The van der Waals surface area contributed by atoms with E-state index in [-0.39, 0.29) is 11.4 Å². The minimum atomic E-state index is -0.359. The van der Waals surface area contributed by atoms with Gasteiger partial charge in [-0.3, -0.25) is 9.69 Å². The summed E-state index contributed by atoms with van der Waals surface area (Å²) in [5.41, 5.74) is 1.93. The zero-order valence-corrected chi connectivity index (χ0v) is 19.8. The number of carbonyl (C=O) groups excluding carboxylic acids is 1. The number of piperidine rings is 1. The van der Waals surface area contributed by atoms with Crippen molar-refractivity contribution in [2.45, 2.75) is 31.8 Å². The minimum Gasteiger partial charge on any atom is -0.493 e. The van der Waals surface area contributed by atoms with Crippen molar-refractivity contribution in [3.05, 3.63) is 88.9 Å². The molecule has 0 aromatic heterocycles. The van der Waals surface area contributed by atoms with Gasteiger partial charge in [0.2, 0.25) is 5.91 Å². The second-order valence-electron chi connectivity index (χ2n) is 8.45. The van der Waals surface area contributed by atoms with Crippen LogP contribution in [0.3, 0.4) is 0 Å². The van der Waals surface area contributed by atoms with Crippen molar-refractivity contribution in [3.63, 3.8) is 0 Å². The van der Waals surface area contributed by atoms with Crippen molar-refractivity contribution in [2.24, 2.45) is 0 Å². The molecule has 172 valence electrons. The number of amides is 1. The molecule has 0 spiro atoms. The van der Waals surface area contributed by atoms with Gasteiger partial charge in [0.15, 0.2) is 11.5 Å². The minimum absolute atomic E-state index is 0.0143. The zero-order valence-electron chi connectivity index (χ0n) is 19.0. The van der Waals surface area contributed by atoms with Crippen LogP contribution in [0.1, 0.15) is 30.9 Å². The first-order chi connectivity index (χ1) is 16.0. The number of hydrogen-bond acceptors (Lipinski definition) is 4. The summed E-state index contributed by atoms with van der Waals surface area (Å²) >= 11 is 6.08. The number of likely N-dealkylation sites (tertiary alicyclic amines) is 1. The Balaban J connectivity index is 1.43. The normalized spacial score (nSPS) is 15.6. The fraction of sp³-hybridized carbons (Fsp3) is 0.296. The molecule has 0 unspecified atom stereocenters. The number of carbonyl (C=O) groups is 1. The fourth-order valence-corrected chi connectivity index (χ4v) is 4.61. The summed E-state index contributed by atoms with van der Waals surface area (Å²) in [6.07, 6.45) is 1.68. The van der Waals surface area contributed by atoms with Gasteiger partial charge in [0, 0.05) is 31.6 Å². The van der Waals surface area contributed by atoms with Crippen LogP contribution in [0.5, 0.6) is 17.2 Å². The van der Waals surface area contributed by atoms with Crippen molar-refractivity contribution < 1.29 is 14.3 Å². The van der Waals surface area contributed by atoms with Gasteiger partial charge in [0.25, 0.3) is 0 Å². The Morgan fingerprint density at radius 3 is 2.36 bits per heavy atom. The quantitative estimate of drug-likeness (QED) is 0.482. The summed E-state index contributed by atoms with van der Waals surface area (Å²) in [5.74, 6) is 2.16. The highest BCUT2D eigenvalue weighted by molar-refractivity contribution is 6.30. The smallest absolute Gasteiger partial charge is 0.217 e. The summed E-state index contributed by atoms with van der Waals surface area (Å²) in [7, 11) is 1.64. The molecule has 1 amide bonds. The largest absolute Gasteiger partial charge is 0.493 e. The standard InChI is InChI=1S/C27H29ClN2O3/c1-20(31)29-27(22-10-12-23(28)13-11-22)14-16-30(17-15-27)19-21-6-5-7-24(18-21)33-26-9-4-3-8-25(26)32-2/h3-13,18H,14-17,19H2,1-2H3,(H,29,31). The molecule has 1 aliphatic heterocycles. The van der Waals surface area contributed by atoms with Crippen LogP contribution >= 0.6 is 11.6 Å². The molecule has 6 heteroatoms. The molecule has 3 aromatic rings. The highest BCUT2D eigenvalue weighted by Gasteiger charge is 2.36. The lowest BCUT2D eigenvalue weighted by Gasteiger charge is -2.42. The van der Waals surface area contributed by atoms with Crippen LogP contribution in [-0.2, 0) is 16.9 Å². The average Bonchev–Trinajstić information content (AvgIpc) is 2.81. The van der Waals surface area contributed by atoms with E-state index in [1.807, 2.05) is 60.7 Å². The molecule has 1 aliphatic rings. The van der Waals surface area contributed by atoms with E-state index >= 15 is 0 Å². The number of ether oxygens (including phenoxy) is 2. The van der Waals surface area contributed by atoms with Crippen LogP contribution < -0.4 is 14.8 Å². The average molecular weight is 465 g/mol. The second kappa shape index (κ2) is 10.3. The van der Waals surface area contributed by atoms with E-state index in [0.29, 0.717) is 16.5 Å². The molecular formula is C27H29ClN2O3. The second-order valence-corrected chi connectivity index (χ2v) is 8.88. The summed E-state index contributed by atoms with van der Waals surface area (Å²) in [5, 5.41) is 3.92. The number of halogens is 1. The van der Waals surface area contributed by atoms with Gasteiger partial charge in [0.05, 0.1) is 12.6 Å². The van der Waals surface area contributed by atoms with Gasteiger partial charge >= 0.3 is 0 Å². The molecule has 0 atom stereocenters. The molecule has 1 fully saturated rings. The van der Waals surface area contributed by atoms with Crippen molar-refractivity contribution in [1.82, 2.24) is 10.2 Å². The van der Waals surface area contributed by atoms with Gasteiger partial charge in [-0.1, -0.05) is 48.0 Å². The van der Waals surface area contributed by atoms with Crippen molar-refractivity contribution >= 4 is 17.5 Å². The molecular weight excluding hydrogens is 436 g/mol. The maximum Gasteiger partial charge on any atom is 0.217 e.